The van der Waals surface area contributed by atoms with Gasteiger partial charge in [0.25, 0.3) is 10.1 Å². The Morgan fingerprint density at radius 2 is 1.50 bits per heavy atom. The second kappa shape index (κ2) is 5.50. The molecule has 0 aromatic carbocycles. The van der Waals surface area contributed by atoms with Gasteiger partial charge in [0, 0.05) is 6.26 Å². The zero-order chi connectivity index (χ0) is 13.1. The molecule has 0 spiro atoms. The molecular weight excluding hydrogens is 279 g/mol. The number of rotatable bonds is 6. The van der Waals surface area contributed by atoms with Gasteiger partial charge in [0.15, 0.2) is 0 Å². The fourth-order valence-electron chi connectivity index (χ4n) is 0.670. The molecule has 0 aliphatic rings. The van der Waals surface area contributed by atoms with E-state index in [-0.39, 0.29) is 0 Å². The molecule has 7 nitrogen and oxygen atoms in total. The fraction of sp³-hybridized carbons (Fsp3) is 1.00. The molecule has 16 heavy (non-hydrogen) atoms. The molecule has 0 heterocycles. The predicted molar refractivity (Wildman–Crippen MR) is 58.4 cm³/mol. The van der Waals surface area contributed by atoms with Gasteiger partial charge in [0.05, 0.1) is 6.26 Å². The van der Waals surface area contributed by atoms with Crippen molar-refractivity contribution in [1.82, 2.24) is 0 Å². The highest BCUT2D eigenvalue weighted by Crippen LogP contribution is 2.36. The Bertz CT molecular complexity index is 449. The normalized spacial score (nSPS) is 16.2. The summed E-state index contributed by atoms with van der Waals surface area (Å²) in [5.74, 6) is 0. The first-order valence-electron chi connectivity index (χ1n) is 4.13. The molecule has 0 saturated carbocycles. The van der Waals surface area contributed by atoms with Crippen LogP contribution < -0.4 is 0 Å². The largest absolute Gasteiger partial charge is 0.559 e. The van der Waals surface area contributed by atoms with E-state index in [4.69, 9.17) is 4.52 Å². The van der Waals surface area contributed by atoms with Crippen molar-refractivity contribution in [3.63, 3.8) is 0 Å². The molecule has 0 saturated heterocycles. The van der Waals surface area contributed by atoms with Gasteiger partial charge in [-0.25, -0.2) is 12.6 Å². The molecule has 0 aromatic heterocycles. The quantitative estimate of drug-likeness (QED) is 0.517. The number of sulfone groups is 1. The Morgan fingerprint density at radius 1 is 1.06 bits per heavy atom. The van der Waals surface area contributed by atoms with Crippen LogP contribution in [0.2, 0.25) is 0 Å². The second-order valence-electron chi connectivity index (χ2n) is 3.38. The maximum Gasteiger partial charge on any atom is 0.559 e. The molecule has 0 rings (SSSR count). The van der Waals surface area contributed by atoms with E-state index >= 15 is 0 Å². The highest BCUT2D eigenvalue weighted by atomic mass is 32.2. The Morgan fingerprint density at radius 3 is 1.75 bits per heavy atom. The molecule has 0 bridgehead atoms. The van der Waals surface area contributed by atoms with E-state index in [0.717, 1.165) is 6.26 Å². The monoisotopic (exact) mass is 293 g/mol. The summed E-state index contributed by atoms with van der Waals surface area (Å²) < 4.78 is 64.4. The summed E-state index contributed by atoms with van der Waals surface area (Å²) in [6.45, 7) is 3.07. The average Bonchev–Trinajstić information content (AvgIpc) is 1.94. The minimum atomic E-state index is -4.03. The van der Waals surface area contributed by atoms with Crippen molar-refractivity contribution < 1.29 is 30.1 Å². The van der Waals surface area contributed by atoms with Gasteiger partial charge >= 0.3 is 13.2 Å². The van der Waals surface area contributed by atoms with E-state index in [1.165, 1.54) is 13.8 Å². The molecule has 2 atom stereocenters. The summed E-state index contributed by atoms with van der Waals surface area (Å²) in [5.41, 5.74) is 0. The minimum absolute atomic E-state index is 0.504. The Balaban J connectivity index is 5.06. The van der Waals surface area contributed by atoms with Crippen molar-refractivity contribution in [2.75, 3.05) is 12.5 Å². The van der Waals surface area contributed by atoms with Crippen LogP contribution in [0.1, 0.15) is 13.8 Å². The third-order valence-corrected chi connectivity index (χ3v) is 5.49. The van der Waals surface area contributed by atoms with Crippen molar-refractivity contribution >= 4 is 28.0 Å². The number of hydrogen-bond donors (Lipinski definition) is 0. The van der Waals surface area contributed by atoms with E-state index < -0.39 is 39.3 Å². The second-order valence-corrected chi connectivity index (χ2v) is 8.66. The third kappa shape index (κ3) is 6.49. The predicted octanol–water partition coefficient (Wildman–Crippen LogP) is 0.458. The maximum atomic E-state index is 11.4. The Labute approximate surface area is 96.0 Å². The molecule has 0 radical (unpaired) electrons. The van der Waals surface area contributed by atoms with Crippen molar-refractivity contribution in [3.05, 3.63) is 0 Å². The molecule has 0 aliphatic heterocycles. The van der Waals surface area contributed by atoms with Gasteiger partial charge in [0.1, 0.15) is 6.10 Å². The van der Waals surface area contributed by atoms with E-state index in [9.17, 15) is 21.4 Å². The van der Waals surface area contributed by atoms with Crippen molar-refractivity contribution in [2.24, 2.45) is 0 Å². The minimum Gasteiger partial charge on any atom is -0.222 e. The lowest BCUT2D eigenvalue weighted by molar-refractivity contribution is 0.233. The van der Waals surface area contributed by atoms with Crippen LogP contribution >= 0.6 is 8.03 Å². The SMILES string of the molecule is CC(C)O[P+](=O)C(OS(C)(=O)=O)S(C)(=O)=O. The van der Waals surface area contributed by atoms with Crippen molar-refractivity contribution in [3.8, 4) is 0 Å². The first-order valence-corrected chi connectivity index (χ1v) is 9.15. The van der Waals surface area contributed by atoms with Crippen LogP contribution in [0.15, 0.2) is 0 Å². The highest BCUT2D eigenvalue weighted by molar-refractivity contribution is 7.97. The van der Waals surface area contributed by atoms with Gasteiger partial charge in [0.2, 0.25) is 9.84 Å². The Hall–Kier alpha value is -0.0800. The van der Waals surface area contributed by atoms with Gasteiger partial charge in [-0.2, -0.15) is 8.42 Å². The smallest absolute Gasteiger partial charge is 0.222 e. The molecule has 96 valence electrons. The van der Waals surface area contributed by atoms with E-state index in [1.807, 2.05) is 0 Å². The molecule has 0 N–H and O–H groups in total. The molecular formula is C6H14O7PS2+. The standard InChI is InChI=1S/C6H14O7PS2/c1-5(2)12-14(7)6(15(3,8)9)13-16(4,10)11/h5-6H,1-4H3/q+1. The van der Waals surface area contributed by atoms with Gasteiger partial charge < -0.3 is 0 Å². The van der Waals surface area contributed by atoms with Crippen molar-refractivity contribution in [1.29, 1.82) is 0 Å². The van der Waals surface area contributed by atoms with Crippen LogP contribution in [-0.4, -0.2) is 40.6 Å². The van der Waals surface area contributed by atoms with Crippen LogP contribution in [0.3, 0.4) is 0 Å². The van der Waals surface area contributed by atoms with Gasteiger partial charge in [-0.3, -0.25) is 0 Å². The summed E-state index contributed by atoms with van der Waals surface area (Å²) in [5, 5.41) is -2.00. The first kappa shape index (κ1) is 15.9. The fourth-order valence-corrected chi connectivity index (χ4v) is 4.63. The summed E-state index contributed by atoms with van der Waals surface area (Å²) >= 11 is 0. The Kier molecular flexibility index (Phi) is 5.48. The van der Waals surface area contributed by atoms with Crippen LogP contribution in [0, 0.1) is 0 Å². The highest BCUT2D eigenvalue weighted by Gasteiger charge is 2.46. The summed E-state index contributed by atoms with van der Waals surface area (Å²) in [4.78, 5) is 0. The third-order valence-electron chi connectivity index (χ3n) is 1.11. The van der Waals surface area contributed by atoms with Gasteiger partial charge in [-0.05, 0) is 18.4 Å². The molecule has 2 unspecified atom stereocenters. The van der Waals surface area contributed by atoms with Crippen molar-refractivity contribution in [2.45, 2.75) is 25.1 Å². The number of hydrogen-bond acceptors (Lipinski definition) is 7. The van der Waals surface area contributed by atoms with E-state index in [2.05, 4.69) is 4.18 Å². The molecule has 0 aliphatic carbocycles. The van der Waals surface area contributed by atoms with Crippen LogP contribution in [0.5, 0.6) is 0 Å². The topological polar surface area (TPSA) is 104 Å². The lowest BCUT2D eigenvalue weighted by atomic mass is 10.5. The first-order chi connectivity index (χ1) is 6.93. The average molecular weight is 293 g/mol. The van der Waals surface area contributed by atoms with Gasteiger partial charge in [-0.1, -0.05) is 0 Å². The zero-order valence-corrected chi connectivity index (χ0v) is 11.8. The van der Waals surface area contributed by atoms with Gasteiger partial charge in [-0.15, -0.1) is 4.52 Å². The zero-order valence-electron chi connectivity index (χ0n) is 9.28. The van der Waals surface area contributed by atoms with E-state index in [1.54, 1.807) is 0 Å². The van der Waals surface area contributed by atoms with E-state index in [0.29, 0.717) is 6.26 Å². The van der Waals surface area contributed by atoms with Crippen LogP contribution in [-0.2, 0) is 33.2 Å². The lowest BCUT2D eigenvalue weighted by Gasteiger charge is -2.04. The molecule has 0 fully saturated rings. The molecule has 0 amide bonds. The summed E-state index contributed by atoms with van der Waals surface area (Å²) in [6.07, 6.45) is 0.889. The summed E-state index contributed by atoms with van der Waals surface area (Å²) in [6, 6.07) is 0. The van der Waals surface area contributed by atoms with Crippen LogP contribution in [0.25, 0.3) is 0 Å². The van der Waals surface area contributed by atoms with Crippen LogP contribution in [0.4, 0.5) is 0 Å². The molecule has 10 heteroatoms. The molecule has 0 aromatic rings. The lowest BCUT2D eigenvalue weighted by Crippen LogP contribution is -2.24. The maximum absolute atomic E-state index is 11.4. The summed E-state index contributed by atoms with van der Waals surface area (Å²) in [7, 11) is -10.8.